The number of H-pyrrole nitrogens is 1. The first kappa shape index (κ1) is 28.6. The normalized spacial score (nSPS) is 18.5. The topological polar surface area (TPSA) is 147 Å². The van der Waals surface area contributed by atoms with E-state index < -0.39 is 5.97 Å². The number of aliphatic imine (C=N–C) groups is 3. The summed E-state index contributed by atoms with van der Waals surface area (Å²) in [5, 5.41) is 31.7. The Bertz CT molecular complexity index is 2130. The van der Waals surface area contributed by atoms with E-state index in [2.05, 4.69) is 11.9 Å². The lowest BCUT2D eigenvalue weighted by Crippen LogP contribution is -2.15. The average Bonchev–Trinajstić information content (AvgIpc) is 3.75. The Kier molecular flexibility index (Phi) is 6.90. The largest absolute Gasteiger partial charge is 0.511 e. The van der Waals surface area contributed by atoms with E-state index in [0.29, 0.717) is 44.9 Å². The molecule has 0 atom stereocenters. The molecule has 5 heterocycles. The highest BCUT2D eigenvalue weighted by Gasteiger charge is 2.37. The minimum atomic E-state index is -0.395. The van der Waals surface area contributed by atoms with Gasteiger partial charge in [-0.3, -0.25) is 4.79 Å². The number of aliphatic hydroxyl groups is 1. The first-order valence-corrected chi connectivity index (χ1v) is 14.4. The molecule has 1 aromatic rings. The van der Waals surface area contributed by atoms with Crippen molar-refractivity contribution in [3.63, 3.8) is 0 Å². The molecule has 0 amide bonds. The third-order valence-corrected chi connectivity index (χ3v) is 8.81. The number of fused-ring (bicyclic) bond motifs is 5. The van der Waals surface area contributed by atoms with E-state index in [1.807, 2.05) is 58.1 Å². The molecular weight excluding hydrogens is 552 g/mol. The zero-order valence-electron chi connectivity index (χ0n) is 25.4. The number of carbonyl (C=O) groups is 1. The first-order chi connectivity index (χ1) is 21.1. The molecule has 218 valence electrons. The molecule has 6 rings (SSSR count). The van der Waals surface area contributed by atoms with Gasteiger partial charge in [0.1, 0.15) is 23.5 Å². The maximum atomic E-state index is 12.6. The summed E-state index contributed by atoms with van der Waals surface area (Å²) in [6.45, 7) is 9.90. The van der Waals surface area contributed by atoms with Crippen LogP contribution in [0, 0.1) is 29.6 Å². The highest BCUT2D eigenvalue weighted by Crippen LogP contribution is 2.44. The summed E-state index contributed by atoms with van der Waals surface area (Å²) < 4.78 is 5.02. The van der Waals surface area contributed by atoms with Gasteiger partial charge in [-0.15, -0.1) is 0 Å². The van der Waals surface area contributed by atoms with Crippen LogP contribution < -0.4 is 10.7 Å². The van der Waals surface area contributed by atoms with Gasteiger partial charge in [-0.1, -0.05) is 6.92 Å². The fourth-order valence-electron chi connectivity index (χ4n) is 6.31. The van der Waals surface area contributed by atoms with E-state index in [-0.39, 0.29) is 24.2 Å². The molecule has 0 unspecified atom stereocenters. The van der Waals surface area contributed by atoms with Crippen LogP contribution in [0.15, 0.2) is 88.5 Å². The fourth-order valence-corrected chi connectivity index (χ4v) is 6.31. The molecule has 0 saturated carbocycles. The van der Waals surface area contributed by atoms with E-state index in [0.717, 1.165) is 56.6 Å². The molecule has 0 fully saturated rings. The van der Waals surface area contributed by atoms with E-state index in [9.17, 15) is 20.4 Å². The number of allylic oxidation sites excluding steroid dienone is 9. The Morgan fingerprint density at radius 3 is 2.36 bits per heavy atom. The number of nitrogens with one attached hydrogen (secondary N) is 1. The Hall–Kier alpha value is -5.54. The second kappa shape index (κ2) is 10.6. The van der Waals surface area contributed by atoms with Gasteiger partial charge < -0.3 is 14.8 Å². The number of aromatic nitrogens is 1. The second-order valence-corrected chi connectivity index (χ2v) is 11.2. The highest BCUT2D eigenvalue weighted by atomic mass is 16.5. The van der Waals surface area contributed by atoms with Crippen LogP contribution in [0.5, 0.6) is 0 Å². The molecular formula is C35H30N6O3. The molecule has 0 saturated heterocycles. The summed E-state index contributed by atoms with van der Waals surface area (Å²) in [4.78, 5) is 31.1. The van der Waals surface area contributed by atoms with Crippen LogP contribution in [0.25, 0.3) is 18.2 Å². The zero-order valence-corrected chi connectivity index (χ0v) is 25.4. The quantitative estimate of drug-likeness (QED) is 0.382. The van der Waals surface area contributed by atoms with Gasteiger partial charge in [0.2, 0.25) is 0 Å². The maximum Gasteiger partial charge on any atom is 0.310 e. The predicted octanol–water partition coefficient (Wildman–Crippen LogP) is 4.93. The van der Waals surface area contributed by atoms with Gasteiger partial charge in [0.15, 0.2) is 0 Å². The molecule has 9 nitrogen and oxygen atoms in total. The number of rotatable bonds is 4. The Morgan fingerprint density at radius 2 is 1.68 bits per heavy atom. The molecule has 2 N–H and O–H groups in total. The minimum Gasteiger partial charge on any atom is -0.511 e. The highest BCUT2D eigenvalue weighted by molar-refractivity contribution is 6.26. The summed E-state index contributed by atoms with van der Waals surface area (Å²) >= 11 is 0. The summed E-state index contributed by atoms with van der Waals surface area (Å²) in [6.07, 6.45) is 8.41. The van der Waals surface area contributed by atoms with Crippen LogP contribution in [-0.2, 0) is 9.53 Å². The van der Waals surface area contributed by atoms with Gasteiger partial charge >= 0.3 is 5.97 Å². The third-order valence-electron chi connectivity index (χ3n) is 8.81. The Morgan fingerprint density at radius 1 is 1.00 bits per heavy atom. The van der Waals surface area contributed by atoms with Crippen LogP contribution in [-0.4, -0.2) is 40.3 Å². The second-order valence-electron chi connectivity index (χ2n) is 11.2. The van der Waals surface area contributed by atoms with Crippen molar-refractivity contribution in [3.8, 4) is 12.1 Å². The lowest BCUT2D eigenvalue weighted by molar-refractivity contribution is -0.139. The number of methoxy groups -OCH3 is 1. The van der Waals surface area contributed by atoms with Crippen LogP contribution in [0.3, 0.4) is 0 Å². The number of carbonyl (C=O) groups excluding carboxylic acids is 1. The zero-order chi connectivity index (χ0) is 31.4. The molecule has 0 spiro atoms. The lowest BCUT2D eigenvalue weighted by atomic mass is 9.97. The van der Waals surface area contributed by atoms with Crippen molar-refractivity contribution in [2.45, 2.75) is 53.9 Å². The summed E-state index contributed by atoms with van der Waals surface area (Å²) in [6, 6.07) is 3.93. The molecule has 9 heteroatoms. The third kappa shape index (κ3) is 4.37. The van der Waals surface area contributed by atoms with Gasteiger partial charge in [-0.25, -0.2) is 15.0 Å². The van der Waals surface area contributed by atoms with Crippen molar-refractivity contribution in [3.05, 3.63) is 95.3 Å². The van der Waals surface area contributed by atoms with E-state index in [1.54, 1.807) is 6.08 Å². The van der Waals surface area contributed by atoms with Gasteiger partial charge in [0.25, 0.3) is 0 Å². The van der Waals surface area contributed by atoms with Crippen LogP contribution >= 0.6 is 0 Å². The van der Waals surface area contributed by atoms with E-state index >= 15 is 0 Å². The minimum absolute atomic E-state index is 0.0141. The number of aromatic amines is 1. The van der Waals surface area contributed by atoms with Crippen molar-refractivity contribution >= 4 is 41.3 Å². The van der Waals surface area contributed by atoms with Crippen LogP contribution in [0.1, 0.15) is 58.1 Å². The summed E-state index contributed by atoms with van der Waals surface area (Å²) in [7, 11) is 1.36. The molecule has 44 heavy (non-hydrogen) atoms. The number of aliphatic hydroxyl groups excluding tert-OH is 1. The Labute approximate surface area is 254 Å². The van der Waals surface area contributed by atoms with Gasteiger partial charge in [-0.2, -0.15) is 10.5 Å². The van der Waals surface area contributed by atoms with Crippen molar-refractivity contribution < 1.29 is 14.6 Å². The number of hydrogen-bond donors (Lipinski definition) is 2. The number of hydrogen-bond acceptors (Lipinski definition) is 8. The SMILES string of the molecule is CCC1=C(C)C2=NC1=CC1=C(C)C3=C(O)CC(=C4N=C(C=c5[nH]c(c(C=C(C#N)C#N)c5C)=C2)C(C)=C4CC(=O)OC)C3=N1. The fraction of sp³-hybridized carbons (Fsp3) is 0.257. The van der Waals surface area contributed by atoms with Crippen molar-refractivity contribution in [1.82, 2.24) is 4.98 Å². The van der Waals surface area contributed by atoms with Crippen molar-refractivity contribution in [1.29, 1.82) is 10.5 Å². The van der Waals surface area contributed by atoms with Crippen LogP contribution in [0.4, 0.5) is 0 Å². The van der Waals surface area contributed by atoms with Crippen molar-refractivity contribution in [2.24, 2.45) is 15.0 Å². The molecule has 4 aliphatic heterocycles. The van der Waals surface area contributed by atoms with E-state index in [4.69, 9.17) is 19.7 Å². The standard InChI is InChI=1S/C35H30N6O3/c1-7-21-16(2)26-12-30-22(8-20(14-36)15-37)17(3)25(39-30)11-27-18(4)23(10-32(43)44-6)34(40-27)24-9-31(42)33-19(5)28(41-35(24)33)13-29(21)38-26/h8,11-13,39,42H,7,9-10H2,1-6H3. The smallest absolute Gasteiger partial charge is 0.310 e. The lowest BCUT2D eigenvalue weighted by Gasteiger charge is -2.09. The molecule has 1 aromatic heterocycles. The van der Waals surface area contributed by atoms with Crippen molar-refractivity contribution in [2.75, 3.05) is 7.11 Å². The summed E-state index contributed by atoms with van der Waals surface area (Å²) in [5.74, 6) is -0.174. The Balaban J connectivity index is 1.73. The number of ether oxygens (including phenoxy) is 1. The first-order valence-electron chi connectivity index (χ1n) is 14.4. The van der Waals surface area contributed by atoms with Gasteiger partial charge in [-0.05, 0) is 91.8 Å². The summed E-state index contributed by atoms with van der Waals surface area (Å²) in [5.41, 5.74) is 11.6. The van der Waals surface area contributed by atoms with Gasteiger partial charge in [0.05, 0.1) is 47.8 Å². The predicted molar refractivity (Wildman–Crippen MR) is 170 cm³/mol. The number of esters is 1. The molecule has 5 aliphatic rings. The molecule has 0 aromatic carbocycles. The maximum absolute atomic E-state index is 12.6. The monoisotopic (exact) mass is 582 g/mol. The van der Waals surface area contributed by atoms with Crippen LogP contribution in [0.2, 0.25) is 0 Å². The number of nitrogens with zero attached hydrogens (tertiary/aromatic N) is 5. The molecule has 0 radical (unpaired) electrons. The molecule has 1 aliphatic carbocycles. The number of nitriles is 2. The van der Waals surface area contributed by atoms with E-state index in [1.165, 1.54) is 7.11 Å². The molecule has 8 bridgehead atoms. The average molecular weight is 583 g/mol. The van der Waals surface area contributed by atoms with Gasteiger partial charge in [0, 0.05) is 33.8 Å².